The summed E-state index contributed by atoms with van der Waals surface area (Å²) >= 11 is 8.75. The topological polar surface area (TPSA) is 103 Å². The molecule has 1 aliphatic heterocycles. The number of carbonyl (C=O) groups is 2. The number of nitro benzene ring substituents is 1. The number of rotatable bonds is 1. The number of nitro groups is 1. The summed E-state index contributed by atoms with van der Waals surface area (Å²) in [5.74, 6) is -2.04. The lowest BCUT2D eigenvalue weighted by molar-refractivity contribution is -0.384. The molecular formula is C8H2BrClN3O4. The van der Waals surface area contributed by atoms with Crippen LogP contribution in [0.4, 0.5) is 17.1 Å². The van der Waals surface area contributed by atoms with E-state index >= 15 is 0 Å². The van der Waals surface area contributed by atoms with E-state index in [1.807, 2.05) is 0 Å². The van der Waals surface area contributed by atoms with Crippen LogP contribution in [0.5, 0.6) is 0 Å². The summed E-state index contributed by atoms with van der Waals surface area (Å²) in [5.41, 5.74) is -0.699. The summed E-state index contributed by atoms with van der Waals surface area (Å²) in [6.45, 7) is 0. The van der Waals surface area contributed by atoms with Crippen LogP contribution in [0.2, 0.25) is 5.02 Å². The molecule has 0 spiro atoms. The van der Waals surface area contributed by atoms with Crippen LogP contribution in [0.3, 0.4) is 0 Å². The molecule has 9 heteroatoms. The van der Waals surface area contributed by atoms with Crippen molar-refractivity contribution in [3.05, 3.63) is 25.7 Å². The Morgan fingerprint density at radius 2 is 2.12 bits per heavy atom. The fourth-order valence-corrected chi connectivity index (χ4v) is 1.94. The van der Waals surface area contributed by atoms with Gasteiger partial charge in [-0.25, -0.2) is 0 Å². The summed E-state index contributed by atoms with van der Waals surface area (Å²) in [6.07, 6.45) is 0. The van der Waals surface area contributed by atoms with Crippen molar-refractivity contribution in [2.75, 3.05) is 5.32 Å². The number of benzene rings is 1. The van der Waals surface area contributed by atoms with E-state index in [2.05, 4.69) is 26.6 Å². The van der Waals surface area contributed by atoms with Crippen LogP contribution >= 0.6 is 27.5 Å². The van der Waals surface area contributed by atoms with E-state index < -0.39 is 22.4 Å². The third-order valence-corrected chi connectivity index (χ3v) is 3.24. The number of carbonyl (C=O) groups excluding carboxylic acids is 2. The van der Waals surface area contributed by atoms with Gasteiger partial charge in [-0.05, 0) is 22.0 Å². The lowest BCUT2D eigenvalue weighted by Gasteiger charge is -2.16. The van der Waals surface area contributed by atoms with Crippen LogP contribution in [0.1, 0.15) is 0 Å². The SMILES string of the molecule is O=C1[N]c2c(cc(Br)c(Cl)c2[N+](=O)[O-])NC1=O. The number of nitrogens with zero attached hydrogens (tertiary/aromatic N) is 2. The van der Waals surface area contributed by atoms with Crippen LogP contribution in [0.25, 0.3) is 0 Å². The molecule has 0 unspecified atom stereocenters. The first-order chi connectivity index (χ1) is 7.91. The summed E-state index contributed by atoms with van der Waals surface area (Å²) in [6, 6.07) is 1.35. The smallest absolute Gasteiger partial charge is 0.316 e. The molecule has 7 nitrogen and oxygen atoms in total. The monoisotopic (exact) mass is 318 g/mol. The predicted octanol–water partition coefficient (Wildman–Crippen LogP) is 1.73. The number of hydrogen-bond donors (Lipinski definition) is 1. The molecule has 0 atom stereocenters. The molecule has 1 heterocycles. The first-order valence-corrected chi connectivity index (χ1v) is 5.32. The lowest BCUT2D eigenvalue weighted by atomic mass is 10.2. The van der Waals surface area contributed by atoms with Crippen LogP contribution in [0.15, 0.2) is 10.5 Å². The Morgan fingerprint density at radius 3 is 2.71 bits per heavy atom. The van der Waals surface area contributed by atoms with Gasteiger partial charge in [0, 0.05) is 4.47 Å². The largest absolute Gasteiger partial charge is 0.336 e. The molecule has 17 heavy (non-hydrogen) atoms. The summed E-state index contributed by atoms with van der Waals surface area (Å²) in [4.78, 5) is 32.2. The maximum atomic E-state index is 11.1. The van der Waals surface area contributed by atoms with Crippen molar-refractivity contribution in [1.29, 1.82) is 0 Å². The van der Waals surface area contributed by atoms with Gasteiger partial charge in [-0.3, -0.25) is 19.7 Å². The third kappa shape index (κ3) is 1.85. The zero-order valence-corrected chi connectivity index (χ0v) is 10.2. The van der Waals surface area contributed by atoms with Crippen LogP contribution in [-0.4, -0.2) is 16.7 Å². The Balaban J connectivity index is 2.72. The molecule has 1 aliphatic rings. The second kappa shape index (κ2) is 3.97. The zero-order chi connectivity index (χ0) is 12.7. The second-order valence-corrected chi connectivity index (χ2v) is 4.28. The van der Waals surface area contributed by atoms with Crippen molar-refractivity contribution in [1.82, 2.24) is 5.32 Å². The minimum absolute atomic E-state index is 0.0672. The van der Waals surface area contributed by atoms with Crippen LogP contribution in [-0.2, 0) is 9.59 Å². The molecular weight excluding hydrogens is 317 g/mol. The molecule has 0 fully saturated rings. The van der Waals surface area contributed by atoms with E-state index in [-0.39, 0.29) is 20.9 Å². The maximum Gasteiger partial charge on any atom is 0.336 e. The highest BCUT2D eigenvalue weighted by Gasteiger charge is 2.34. The molecule has 0 saturated carbocycles. The zero-order valence-electron chi connectivity index (χ0n) is 7.86. The van der Waals surface area contributed by atoms with Crippen LogP contribution < -0.4 is 10.6 Å². The summed E-state index contributed by atoms with van der Waals surface area (Å²) in [7, 11) is 0. The minimum atomic E-state index is -1.10. The minimum Gasteiger partial charge on any atom is -0.316 e. The quantitative estimate of drug-likeness (QED) is 0.483. The van der Waals surface area contributed by atoms with E-state index in [0.717, 1.165) is 0 Å². The van der Waals surface area contributed by atoms with Gasteiger partial charge in [0.1, 0.15) is 5.02 Å². The Bertz CT molecular complexity index is 574. The normalized spacial score (nSPS) is 13.8. The van der Waals surface area contributed by atoms with Crippen molar-refractivity contribution in [2.45, 2.75) is 0 Å². The summed E-state index contributed by atoms with van der Waals surface area (Å²) < 4.78 is 0.231. The maximum absolute atomic E-state index is 11.1. The molecule has 1 radical (unpaired) electrons. The van der Waals surface area contributed by atoms with Crippen LogP contribution in [0, 0.1) is 10.1 Å². The fourth-order valence-electron chi connectivity index (χ4n) is 1.31. The van der Waals surface area contributed by atoms with Gasteiger partial charge >= 0.3 is 17.5 Å². The molecule has 1 aromatic carbocycles. The number of hydrogen-bond acceptors (Lipinski definition) is 4. The van der Waals surface area contributed by atoms with Crippen molar-refractivity contribution in [3.8, 4) is 0 Å². The van der Waals surface area contributed by atoms with Gasteiger partial charge in [0.25, 0.3) is 0 Å². The molecule has 1 aromatic rings. The van der Waals surface area contributed by atoms with Gasteiger partial charge in [-0.1, -0.05) is 11.6 Å². The number of amides is 2. The Hall–Kier alpha value is -1.67. The van der Waals surface area contributed by atoms with Gasteiger partial charge in [0.2, 0.25) is 0 Å². The van der Waals surface area contributed by atoms with Gasteiger partial charge in [0.05, 0.1) is 10.6 Å². The van der Waals surface area contributed by atoms with Gasteiger partial charge in [-0.15, -0.1) is 0 Å². The van der Waals surface area contributed by atoms with Gasteiger partial charge < -0.3 is 5.32 Å². The number of halogens is 2. The predicted molar refractivity (Wildman–Crippen MR) is 61.2 cm³/mol. The highest BCUT2D eigenvalue weighted by molar-refractivity contribution is 9.10. The van der Waals surface area contributed by atoms with Gasteiger partial charge in [0.15, 0.2) is 5.69 Å². The Labute approximate surface area is 107 Å². The third-order valence-electron chi connectivity index (χ3n) is 2.01. The molecule has 0 bridgehead atoms. The van der Waals surface area contributed by atoms with Crippen molar-refractivity contribution >= 4 is 56.4 Å². The Kier molecular flexibility index (Phi) is 2.76. The second-order valence-electron chi connectivity index (χ2n) is 3.05. The number of nitrogens with one attached hydrogen (secondary N) is 1. The number of fused-ring (bicyclic) bond motifs is 1. The molecule has 0 aromatic heterocycles. The van der Waals surface area contributed by atoms with Crippen molar-refractivity contribution < 1.29 is 14.5 Å². The fraction of sp³-hybridized carbons (Fsp3) is 0. The number of anilines is 1. The van der Waals surface area contributed by atoms with Crippen molar-refractivity contribution in [2.24, 2.45) is 0 Å². The average Bonchev–Trinajstić information content (AvgIpc) is 2.23. The summed E-state index contributed by atoms with van der Waals surface area (Å²) in [5, 5.41) is 16.2. The Morgan fingerprint density at radius 1 is 1.47 bits per heavy atom. The van der Waals surface area contributed by atoms with E-state index in [1.165, 1.54) is 6.07 Å². The van der Waals surface area contributed by atoms with Crippen molar-refractivity contribution in [3.63, 3.8) is 0 Å². The molecule has 2 rings (SSSR count). The van der Waals surface area contributed by atoms with E-state index in [0.29, 0.717) is 0 Å². The lowest BCUT2D eigenvalue weighted by Crippen LogP contribution is -2.33. The molecule has 2 amide bonds. The van der Waals surface area contributed by atoms with Gasteiger partial charge in [-0.2, -0.15) is 5.32 Å². The average molecular weight is 319 g/mol. The highest BCUT2D eigenvalue weighted by atomic mass is 79.9. The molecule has 1 N–H and O–H groups in total. The van der Waals surface area contributed by atoms with E-state index in [9.17, 15) is 19.7 Å². The molecule has 87 valence electrons. The van der Waals surface area contributed by atoms with E-state index in [1.54, 1.807) is 0 Å². The van der Waals surface area contributed by atoms with E-state index in [4.69, 9.17) is 11.6 Å². The standard InChI is InChI=1S/C8H2BrClN3O4/c9-2-1-3-5(6(4(2)10)13(16)17)12-8(15)7(14)11-3/h1H,(H,11,14). The molecule has 0 aliphatic carbocycles. The molecule has 0 saturated heterocycles. The first kappa shape index (κ1) is 11.8. The highest BCUT2D eigenvalue weighted by Crippen LogP contribution is 2.44. The first-order valence-electron chi connectivity index (χ1n) is 4.15.